The third-order valence-electron chi connectivity index (χ3n) is 4.51. The van der Waals surface area contributed by atoms with Crippen molar-refractivity contribution in [3.63, 3.8) is 0 Å². The average Bonchev–Trinajstić information content (AvgIpc) is 3.17. The number of pyridine rings is 1. The van der Waals surface area contributed by atoms with Crippen molar-refractivity contribution in [1.29, 1.82) is 0 Å². The van der Waals surface area contributed by atoms with E-state index in [1.807, 2.05) is 37.3 Å². The summed E-state index contributed by atoms with van der Waals surface area (Å²) in [5.74, 6) is 0.335. The molecular formula is C23H20FN3OS2. The van der Waals surface area contributed by atoms with Crippen molar-refractivity contribution in [1.82, 2.24) is 9.97 Å². The van der Waals surface area contributed by atoms with Gasteiger partial charge in [-0.15, -0.1) is 11.8 Å². The van der Waals surface area contributed by atoms with Crippen LogP contribution in [0, 0.1) is 12.7 Å². The molecule has 0 N–H and O–H groups in total. The fourth-order valence-corrected chi connectivity index (χ4v) is 4.89. The molecule has 0 saturated heterocycles. The summed E-state index contributed by atoms with van der Waals surface area (Å²) >= 11 is 3.05. The maximum absolute atomic E-state index is 13.1. The lowest BCUT2D eigenvalue weighted by Gasteiger charge is -2.19. The summed E-state index contributed by atoms with van der Waals surface area (Å²) in [7, 11) is 0. The second-order valence-electron chi connectivity index (χ2n) is 6.82. The molecule has 0 atom stereocenters. The van der Waals surface area contributed by atoms with Crippen molar-refractivity contribution >= 4 is 44.4 Å². The SMILES string of the molecule is Cc1ccc2nc(N(Cc3ccccn3)C(=O)CCSc3ccc(F)cc3)sc2c1. The van der Waals surface area contributed by atoms with Crippen LogP contribution >= 0.6 is 23.1 Å². The lowest BCUT2D eigenvalue weighted by molar-refractivity contribution is -0.118. The van der Waals surface area contributed by atoms with Gasteiger partial charge < -0.3 is 0 Å². The van der Waals surface area contributed by atoms with E-state index in [0.29, 0.717) is 23.8 Å². The summed E-state index contributed by atoms with van der Waals surface area (Å²) in [6.07, 6.45) is 2.08. The van der Waals surface area contributed by atoms with Crippen LogP contribution in [0.3, 0.4) is 0 Å². The molecule has 0 radical (unpaired) electrons. The highest BCUT2D eigenvalue weighted by Crippen LogP contribution is 2.31. The van der Waals surface area contributed by atoms with Gasteiger partial charge in [0.05, 0.1) is 22.5 Å². The lowest BCUT2D eigenvalue weighted by Crippen LogP contribution is -2.30. The molecule has 4 aromatic rings. The Morgan fingerprint density at radius 1 is 1.13 bits per heavy atom. The molecule has 0 aliphatic carbocycles. The number of hydrogen-bond acceptors (Lipinski definition) is 5. The number of carbonyl (C=O) groups is 1. The van der Waals surface area contributed by atoms with Crippen LogP contribution in [0.5, 0.6) is 0 Å². The van der Waals surface area contributed by atoms with Crippen molar-refractivity contribution in [2.24, 2.45) is 0 Å². The van der Waals surface area contributed by atoms with Gasteiger partial charge in [-0.05, 0) is 61.0 Å². The molecular weight excluding hydrogens is 417 g/mol. The molecule has 0 bridgehead atoms. The molecule has 0 aliphatic heterocycles. The topological polar surface area (TPSA) is 46.1 Å². The molecule has 0 aliphatic rings. The number of halogens is 1. The highest BCUT2D eigenvalue weighted by Gasteiger charge is 2.20. The summed E-state index contributed by atoms with van der Waals surface area (Å²) in [4.78, 5) is 24.9. The van der Waals surface area contributed by atoms with Crippen LogP contribution in [0.15, 0.2) is 71.8 Å². The van der Waals surface area contributed by atoms with Gasteiger partial charge in [0.1, 0.15) is 5.82 Å². The largest absolute Gasteiger partial charge is 0.282 e. The molecule has 4 rings (SSSR count). The minimum absolute atomic E-state index is 0.00829. The van der Waals surface area contributed by atoms with Crippen molar-refractivity contribution < 1.29 is 9.18 Å². The molecule has 152 valence electrons. The van der Waals surface area contributed by atoms with E-state index in [9.17, 15) is 9.18 Å². The molecule has 2 aromatic heterocycles. The maximum atomic E-state index is 13.1. The van der Waals surface area contributed by atoms with Crippen LogP contribution < -0.4 is 4.90 Å². The molecule has 0 spiro atoms. The predicted octanol–water partition coefficient (Wildman–Crippen LogP) is 5.85. The Morgan fingerprint density at radius 3 is 2.73 bits per heavy atom. The van der Waals surface area contributed by atoms with E-state index in [1.54, 1.807) is 23.2 Å². The summed E-state index contributed by atoms with van der Waals surface area (Å²) in [6, 6.07) is 18.1. The number of aromatic nitrogens is 2. The van der Waals surface area contributed by atoms with Gasteiger partial charge in [0.2, 0.25) is 5.91 Å². The first kappa shape index (κ1) is 20.5. The van der Waals surface area contributed by atoms with Crippen LogP contribution in [0.4, 0.5) is 9.52 Å². The first-order chi connectivity index (χ1) is 14.6. The molecule has 30 heavy (non-hydrogen) atoms. The molecule has 0 saturated carbocycles. The fourth-order valence-electron chi connectivity index (χ4n) is 2.97. The van der Waals surface area contributed by atoms with Crippen molar-refractivity contribution in [2.75, 3.05) is 10.7 Å². The maximum Gasteiger partial charge on any atom is 0.229 e. The zero-order valence-electron chi connectivity index (χ0n) is 16.4. The first-order valence-corrected chi connectivity index (χ1v) is 11.3. The number of fused-ring (bicyclic) bond motifs is 1. The van der Waals surface area contributed by atoms with Gasteiger partial charge >= 0.3 is 0 Å². The number of thiazole rings is 1. The molecule has 2 heterocycles. The van der Waals surface area contributed by atoms with Crippen molar-refractivity contribution in [3.05, 3.63) is 83.9 Å². The van der Waals surface area contributed by atoms with Gasteiger partial charge in [-0.1, -0.05) is 23.5 Å². The molecule has 0 unspecified atom stereocenters. The van der Waals surface area contributed by atoms with Gasteiger partial charge in [0, 0.05) is 23.3 Å². The van der Waals surface area contributed by atoms with Gasteiger partial charge in [0.25, 0.3) is 0 Å². The van der Waals surface area contributed by atoms with Gasteiger partial charge in [-0.25, -0.2) is 9.37 Å². The zero-order valence-corrected chi connectivity index (χ0v) is 18.0. The number of amides is 1. The Bertz CT molecular complexity index is 1150. The number of hydrogen-bond donors (Lipinski definition) is 0. The quantitative estimate of drug-likeness (QED) is 0.340. The lowest BCUT2D eigenvalue weighted by atomic mass is 10.2. The number of carbonyl (C=O) groups excluding carboxylic acids is 1. The second-order valence-corrected chi connectivity index (χ2v) is 9.00. The normalized spacial score (nSPS) is 11.0. The van der Waals surface area contributed by atoms with Gasteiger partial charge in [-0.2, -0.15) is 0 Å². The van der Waals surface area contributed by atoms with Crippen LogP contribution in [-0.4, -0.2) is 21.6 Å². The smallest absolute Gasteiger partial charge is 0.229 e. The molecule has 2 aromatic carbocycles. The van der Waals surface area contributed by atoms with Gasteiger partial charge in [0.15, 0.2) is 5.13 Å². The average molecular weight is 438 g/mol. The number of anilines is 1. The van der Waals surface area contributed by atoms with E-state index < -0.39 is 0 Å². The fraction of sp³-hybridized carbons (Fsp3) is 0.174. The summed E-state index contributed by atoms with van der Waals surface area (Å²) < 4.78 is 14.1. The minimum Gasteiger partial charge on any atom is -0.282 e. The monoisotopic (exact) mass is 437 g/mol. The van der Waals surface area contributed by atoms with Crippen LogP contribution in [0.2, 0.25) is 0 Å². The van der Waals surface area contributed by atoms with Crippen molar-refractivity contribution in [3.8, 4) is 0 Å². The Labute approximate surface area is 182 Å². The summed E-state index contributed by atoms with van der Waals surface area (Å²) in [6.45, 7) is 2.42. The number of benzene rings is 2. The van der Waals surface area contributed by atoms with E-state index >= 15 is 0 Å². The molecule has 0 fully saturated rings. The van der Waals surface area contributed by atoms with Crippen molar-refractivity contribution in [2.45, 2.75) is 24.8 Å². The number of thioether (sulfide) groups is 1. The molecule has 4 nitrogen and oxygen atoms in total. The van der Waals surface area contributed by atoms with E-state index in [2.05, 4.69) is 11.1 Å². The summed E-state index contributed by atoms with van der Waals surface area (Å²) in [5, 5.41) is 0.679. The number of rotatable bonds is 7. The third-order valence-corrected chi connectivity index (χ3v) is 6.56. The van der Waals surface area contributed by atoms with E-state index in [0.717, 1.165) is 26.4 Å². The van der Waals surface area contributed by atoms with E-state index in [4.69, 9.17) is 4.98 Å². The third kappa shape index (κ3) is 5.04. The second kappa shape index (κ2) is 9.36. The molecule has 7 heteroatoms. The van der Waals surface area contributed by atoms with Crippen LogP contribution in [0.1, 0.15) is 17.7 Å². The summed E-state index contributed by atoms with van der Waals surface area (Å²) in [5.41, 5.74) is 2.86. The standard InChI is InChI=1S/C23H20FN3OS2/c1-16-5-10-20-21(14-16)30-23(26-20)27(15-18-4-2-3-12-25-18)22(28)11-13-29-19-8-6-17(24)7-9-19/h2-10,12,14H,11,13,15H2,1H3. The zero-order chi connectivity index (χ0) is 20.9. The van der Waals surface area contributed by atoms with E-state index in [1.165, 1.54) is 35.2 Å². The van der Waals surface area contributed by atoms with Crippen LogP contribution in [0.25, 0.3) is 10.2 Å². The predicted molar refractivity (Wildman–Crippen MR) is 122 cm³/mol. The first-order valence-electron chi connectivity index (χ1n) is 9.54. The number of nitrogens with zero attached hydrogens (tertiary/aromatic N) is 3. The Morgan fingerprint density at radius 2 is 1.97 bits per heavy atom. The Balaban J connectivity index is 1.52. The Hall–Kier alpha value is -2.77. The number of aryl methyl sites for hydroxylation is 1. The van der Waals surface area contributed by atoms with E-state index in [-0.39, 0.29) is 11.7 Å². The van der Waals surface area contributed by atoms with Gasteiger partial charge in [-0.3, -0.25) is 14.7 Å². The molecule has 1 amide bonds. The minimum atomic E-state index is -0.261. The highest BCUT2D eigenvalue weighted by atomic mass is 32.2. The Kier molecular flexibility index (Phi) is 6.40. The highest BCUT2D eigenvalue weighted by molar-refractivity contribution is 7.99. The van der Waals surface area contributed by atoms with Crippen LogP contribution in [-0.2, 0) is 11.3 Å².